The number of hydrogen-bond donors (Lipinski definition) is 0. The molecule has 4 aromatic carbocycles. The van der Waals surface area contributed by atoms with Gasteiger partial charge in [-0.25, -0.2) is 0 Å². The Labute approximate surface area is 277 Å². The van der Waals surface area contributed by atoms with E-state index in [0.717, 1.165) is 67.0 Å². The molecule has 7 rings (SSSR count). The molecule has 0 unspecified atom stereocenters. The molecule has 0 saturated heterocycles. The Morgan fingerprint density at radius 3 is 1.74 bits per heavy atom. The van der Waals surface area contributed by atoms with Crippen LogP contribution in [-0.2, 0) is 25.7 Å². The summed E-state index contributed by atoms with van der Waals surface area (Å²) in [7, 11) is 12.9. The van der Waals surface area contributed by atoms with Gasteiger partial charge in [-0.05, 0) is 110 Å². The molecule has 0 N–H and O–H groups in total. The van der Waals surface area contributed by atoms with Crippen molar-refractivity contribution in [2.24, 2.45) is 0 Å². The first-order chi connectivity index (χ1) is 22.9. The van der Waals surface area contributed by atoms with E-state index < -0.39 is 0 Å². The van der Waals surface area contributed by atoms with E-state index in [1.165, 1.54) is 27.8 Å². The number of likely N-dealkylation sites (N-methyl/N-ethyl adjacent to an activating group) is 2. The van der Waals surface area contributed by atoms with Gasteiger partial charge in [-0.3, -0.25) is 9.80 Å². The second-order valence-corrected chi connectivity index (χ2v) is 12.8. The van der Waals surface area contributed by atoms with Gasteiger partial charge in [-0.1, -0.05) is 12.1 Å². The first kappa shape index (κ1) is 31.2. The van der Waals surface area contributed by atoms with Crippen molar-refractivity contribution in [1.29, 1.82) is 0 Å². The van der Waals surface area contributed by atoms with Gasteiger partial charge in [0.2, 0.25) is 5.75 Å². The van der Waals surface area contributed by atoms with E-state index in [9.17, 15) is 0 Å². The first-order valence-electron chi connectivity index (χ1n) is 16.3. The number of ether oxygens (including phenoxy) is 6. The fourth-order valence-corrected chi connectivity index (χ4v) is 7.71. The topological polar surface area (TPSA) is 61.9 Å². The SMILES string of the molecule is COc1cc2c3cc1Oc1c(OC)c(OC)cc4c1[C@@H](Cc1ccc(OC)c(c1)-c1cc(ccc1OC)C[C@H]3N(C)CC2)N(C)CC4. The molecule has 246 valence electrons. The maximum atomic E-state index is 7.04. The zero-order chi connectivity index (χ0) is 32.8. The molecule has 8 nitrogen and oxygen atoms in total. The summed E-state index contributed by atoms with van der Waals surface area (Å²) in [5.74, 6) is 4.92. The lowest BCUT2D eigenvalue weighted by Gasteiger charge is -2.37. The standard InChI is InChI=1S/C39H44N2O6/c1-40-14-12-25-20-34(44-5)35-22-27(25)30(40)18-23-8-10-32(42-3)28(16-23)29-17-24(9-11-33(29)43-4)19-31-37-26(13-15-41(31)2)21-36(45-6)38(46-7)39(37)47-35/h8-11,16-17,20-22,30-31H,12-15,18-19H2,1-7H3/t30-,31-/m1/s1. The molecular weight excluding hydrogens is 592 g/mol. The van der Waals surface area contributed by atoms with Crippen molar-refractivity contribution in [1.82, 2.24) is 9.80 Å². The summed E-state index contributed by atoms with van der Waals surface area (Å²) in [6, 6.07) is 19.6. The van der Waals surface area contributed by atoms with Crippen LogP contribution in [0.1, 0.15) is 45.5 Å². The maximum absolute atomic E-state index is 7.04. The fraction of sp³-hybridized carbons (Fsp3) is 0.385. The van der Waals surface area contributed by atoms with Crippen LogP contribution in [0.3, 0.4) is 0 Å². The van der Waals surface area contributed by atoms with Crippen LogP contribution >= 0.6 is 0 Å². The van der Waals surface area contributed by atoms with Crippen molar-refractivity contribution in [3.8, 4) is 51.4 Å². The quantitative estimate of drug-likeness (QED) is 0.231. The van der Waals surface area contributed by atoms with Crippen LogP contribution in [0.15, 0.2) is 54.6 Å². The van der Waals surface area contributed by atoms with Crippen LogP contribution < -0.4 is 28.4 Å². The highest BCUT2D eigenvalue weighted by Gasteiger charge is 2.35. The lowest BCUT2D eigenvalue weighted by atomic mass is 9.86. The Bertz CT molecular complexity index is 1820. The van der Waals surface area contributed by atoms with Crippen molar-refractivity contribution in [3.05, 3.63) is 88.0 Å². The molecule has 3 aliphatic heterocycles. The zero-order valence-electron chi connectivity index (χ0n) is 28.4. The Kier molecular flexibility index (Phi) is 8.41. The van der Waals surface area contributed by atoms with E-state index in [1.807, 2.05) is 0 Å². The van der Waals surface area contributed by atoms with Gasteiger partial charge in [0, 0.05) is 41.9 Å². The number of methoxy groups -OCH3 is 5. The summed E-state index contributed by atoms with van der Waals surface area (Å²) in [6.07, 6.45) is 3.37. The molecule has 0 radical (unpaired) electrons. The van der Waals surface area contributed by atoms with Gasteiger partial charge in [0.25, 0.3) is 0 Å². The van der Waals surface area contributed by atoms with Crippen molar-refractivity contribution < 1.29 is 28.4 Å². The van der Waals surface area contributed by atoms with Crippen molar-refractivity contribution in [2.75, 3.05) is 62.7 Å². The second-order valence-electron chi connectivity index (χ2n) is 12.8. The molecule has 0 aromatic heterocycles. The van der Waals surface area contributed by atoms with Crippen molar-refractivity contribution in [2.45, 2.75) is 37.8 Å². The van der Waals surface area contributed by atoms with Crippen LogP contribution in [0.5, 0.6) is 40.2 Å². The minimum absolute atomic E-state index is 0.0124. The molecule has 0 fully saturated rings. The molecule has 2 atom stereocenters. The third-order valence-corrected chi connectivity index (χ3v) is 10.3. The van der Waals surface area contributed by atoms with Crippen LogP contribution in [-0.4, -0.2) is 72.5 Å². The summed E-state index contributed by atoms with van der Waals surface area (Å²) < 4.78 is 36.9. The molecule has 47 heavy (non-hydrogen) atoms. The Morgan fingerprint density at radius 1 is 0.596 bits per heavy atom. The minimum Gasteiger partial charge on any atom is -0.496 e. The predicted molar refractivity (Wildman–Crippen MR) is 183 cm³/mol. The molecule has 8 heteroatoms. The third kappa shape index (κ3) is 5.43. The number of hydrogen-bond acceptors (Lipinski definition) is 8. The first-order valence-corrected chi connectivity index (χ1v) is 16.3. The summed E-state index contributed by atoms with van der Waals surface area (Å²) in [4.78, 5) is 4.84. The number of rotatable bonds is 5. The second kappa shape index (κ2) is 12.7. The summed E-state index contributed by atoms with van der Waals surface area (Å²) in [5.41, 5.74) is 9.26. The summed E-state index contributed by atoms with van der Waals surface area (Å²) >= 11 is 0. The van der Waals surface area contributed by atoms with Crippen LogP contribution in [0.2, 0.25) is 0 Å². The van der Waals surface area contributed by atoms with Crippen LogP contribution in [0.25, 0.3) is 11.1 Å². The van der Waals surface area contributed by atoms with E-state index in [2.05, 4.69) is 78.5 Å². The molecule has 0 amide bonds. The van der Waals surface area contributed by atoms with E-state index in [0.29, 0.717) is 28.7 Å². The van der Waals surface area contributed by atoms with Gasteiger partial charge in [-0.2, -0.15) is 0 Å². The molecule has 3 heterocycles. The van der Waals surface area contributed by atoms with Gasteiger partial charge in [0.1, 0.15) is 11.5 Å². The van der Waals surface area contributed by atoms with Gasteiger partial charge in [0.05, 0.1) is 35.5 Å². The monoisotopic (exact) mass is 636 g/mol. The molecule has 4 aromatic rings. The third-order valence-electron chi connectivity index (χ3n) is 10.3. The zero-order valence-corrected chi connectivity index (χ0v) is 28.4. The molecule has 0 spiro atoms. The summed E-state index contributed by atoms with van der Waals surface area (Å²) in [5, 5.41) is 0. The highest BCUT2D eigenvalue weighted by molar-refractivity contribution is 5.77. The number of fused-ring (bicyclic) bond motifs is 6. The number of benzene rings is 4. The van der Waals surface area contributed by atoms with E-state index in [1.54, 1.807) is 35.5 Å². The van der Waals surface area contributed by atoms with Crippen molar-refractivity contribution in [3.63, 3.8) is 0 Å². The van der Waals surface area contributed by atoms with Gasteiger partial charge in [0.15, 0.2) is 23.0 Å². The average Bonchev–Trinajstić information content (AvgIpc) is 3.09. The normalized spacial score (nSPS) is 18.9. The van der Waals surface area contributed by atoms with Crippen LogP contribution in [0.4, 0.5) is 0 Å². The molecule has 0 aliphatic carbocycles. The van der Waals surface area contributed by atoms with E-state index in [-0.39, 0.29) is 12.1 Å². The maximum Gasteiger partial charge on any atom is 0.204 e. The van der Waals surface area contributed by atoms with Crippen molar-refractivity contribution >= 4 is 0 Å². The Hall–Kier alpha value is -4.40. The fourth-order valence-electron chi connectivity index (χ4n) is 7.71. The molecule has 0 saturated carbocycles. The minimum atomic E-state index is 0.0124. The molecular formula is C39H44N2O6. The average molecular weight is 637 g/mol. The lowest BCUT2D eigenvalue weighted by molar-refractivity contribution is 0.220. The number of nitrogens with zero attached hydrogens (tertiary/aromatic N) is 2. The largest absolute Gasteiger partial charge is 0.496 e. The van der Waals surface area contributed by atoms with E-state index >= 15 is 0 Å². The lowest BCUT2D eigenvalue weighted by Crippen LogP contribution is -2.34. The Balaban J connectivity index is 1.53. The van der Waals surface area contributed by atoms with Gasteiger partial charge < -0.3 is 28.4 Å². The Morgan fingerprint density at radius 2 is 1.15 bits per heavy atom. The molecule has 3 aliphatic rings. The van der Waals surface area contributed by atoms with Crippen LogP contribution in [0, 0.1) is 0 Å². The van der Waals surface area contributed by atoms with E-state index in [4.69, 9.17) is 28.4 Å². The highest BCUT2D eigenvalue weighted by Crippen LogP contribution is 2.52. The predicted octanol–water partition coefficient (Wildman–Crippen LogP) is 7.05. The summed E-state index contributed by atoms with van der Waals surface area (Å²) in [6.45, 7) is 1.85. The smallest absolute Gasteiger partial charge is 0.204 e. The highest BCUT2D eigenvalue weighted by atomic mass is 16.5. The molecule has 6 bridgehead atoms. The van der Waals surface area contributed by atoms with Gasteiger partial charge in [-0.15, -0.1) is 0 Å². The van der Waals surface area contributed by atoms with Gasteiger partial charge >= 0.3 is 0 Å².